The van der Waals surface area contributed by atoms with Crippen molar-refractivity contribution in [2.24, 2.45) is 0 Å². The Kier molecular flexibility index (Phi) is 4.14. The smallest absolute Gasteiger partial charge is 0.276 e. The van der Waals surface area contributed by atoms with Gasteiger partial charge in [0.2, 0.25) is 5.43 Å². The first-order chi connectivity index (χ1) is 10.0. The van der Waals surface area contributed by atoms with Gasteiger partial charge in [-0.05, 0) is 19.1 Å². The summed E-state index contributed by atoms with van der Waals surface area (Å²) in [6, 6.07) is 7.17. The van der Waals surface area contributed by atoms with Crippen molar-refractivity contribution in [2.45, 2.75) is 6.92 Å². The fraction of sp³-hybridized carbons (Fsp3) is 0.133. The molecule has 0 atom stereocenters. The second-order valence-corrected chi connectivity index (χ2v) is 4.25. The fourth-order valence-corrected chi connectivity index (χ4v) is 1.79. The molecule has 2 rings (SSSR count). The molecule has 1 heterocycles. The summed E-state index contributed by atoms with van der Waals surface area (Å²) >= 11 is 0. The predicted octanol–water partition coefficient (Wildman–Crippen LogP) is 1.04. The van der Waals surface area contributed by atoms with E-state index in [1.165, 1.54) is 28.9 Å². The minimum absolute atomic E-state index is 0.0203. The molecule has 2 aromatic rings. The number of nitrogens with one attached hydrogen (secondary N) is 1. The molecule has 0 unspecified atom stereocenters. The Labute approximate surface area is 120 Å². The van der Waals surface area contributed by atoms with Crippen LogP contribution >= 0.6 is 0 Å². The van der Waals surface area contributed by atoms with Gasteiger partial charge in [0.25, 0.3) is 5.91 Å². The molecular formula is C15H12FN3O2. The topological polar surface area (TPSA) is 64.0 Å². The number of amides is 1. The van der Waals surface area contributed by atoms with Gasteiger partial charge >= 0.3 is 0 Å². The number of carbonyl (C=O) groups excluding carboxylic acids is 1. The summed E-state index contributed by atoms with van der Waals surface area (Å²) in [6.45, 7) is 1.58. The Morgan fingerprint density at radius 2 is 2.19 bits per heavy atom. The number of hydrogen-bond acceptors (Lipinski definition) is 3. The van der Waals surface area contributed by atoms with E-state index in [1.807, 2.05) is 0 Å². The van der Waals surface area contributed by atoms with Gasteiger partial charge in [-0.2, -0.15) is 5.10 Å². The molecule has 1 aromatic carbocycles. The highest BCUT2D eigenvalue weighted by molar-refractivity contribution is 5.92. The molecule has 21 heavy (non-hydrogen) atoms. The van der Waals surface area contributed by atoms with E-state index in [2.05, 4.69) is 16.3 Å². The van der Waals surface area contributed by atoms with Crippen LogP contribution in [0.5, 0.6) is 0 Å². The maximum atomic E-state index is 13.8. The molecule has 6 heteroatoms. The van der Waals surface area contributed by atoms with Gasteiger partial charge in [0, 0.05) is 11.8 Å². The Morgan fingerprint density at radius 3 is 2.86 bits per heavy atom. The monoisotopic (exact) mass is 285 g/mol. The zero-order valence-corrected chi connectivity index (χ0v) is 11.3. The third-order valence-corrected chi connectivity index (χ3v) is 2.75. The standard InChI is InChI=1S/C15H12FN3O2/c1-3-8-17-15(21)14-13(20)9-10(2)19(18-14)12-7-5-4-6-11(12)16/h1,4-7,9H,8H2,2H3,(H,17,21). The lowest BCUT2D eigenvalue weighted by Gasteiger charge is -2.11. The average Bonchev–Trinajstić information content (AvgIpc) is 2.46. The summed E-state index contributed by atoms with van der Waals surface area (Å²) in [5, 5.41) is 6.30. The van der Waals surface area contributed by atoms with Crippen LogP contribution in [0.1, 0.15) is 16.2 Å². The van der Waals surface area contributed by atoms with Gasteiger partial charge < -0.3 is 5.32 Å². The van der Waals surface area contributed by atoms with Crippen molar-refractivity contribution in [1.29, 1.82) is 0 Å². The van der Waals surface area contributed by atoms with Crippen molar-refractivity contribution >= 4 is 5.91 Å². The molecule has 0 fully saturated rings. The molecule has 0 spiro atoms. The third-order valence-electron chi connectivity index (χ3n) is 2.75. The largest absolute Gasteiger partial charge is 0.340 e. The van der Waals surface area contributed by atoms with Crippen LogP contribution in [0.15, 0.2) is 35.1 Å². The van der Waals surface area contributed by atoms with Gasteiger partial charge in [0.1, 0.15) is 11.5 Å². The Hall–Kier alpha value is -2.94. The second kappa shape index (κ2) is 6.01. The zero-order chi connectivity index (χ0) is 15.4. The van der Waals surface area contributed by atoms with Crippen molar-refractivity contribution in [3.05, 3.63) is 57.8 Å². The van der Waals surface area contributed by atoms with Gasteiger partial charge in [0.05, 0.1) is 6.54 Å². The van der Waals surface area contributed by atoms with Gasteiger partial charge in [-0.3, -0.25) is 9.59 Å². The van der Waals surface area contributed by atoms with Crippen molar-refractivity contribution < 1.29 is 9.18 Å². The van der Waals surface area contributed by atoms with Gasteiger partial charge in [-0.15, -0.1) is 6.42 Å². The lowest BCUT2D eigenvalue weighted by molar-refractivity contribution is 0.0950. The molecule has 0 radical (unpaired) electrons. The van der Waals surface area contributed by atoms with Crippen molar-refractivity contribution in [1.82, 2.24) is 15.1 Å². The van der Waals surface area contributed by atoms with E-state index < -0.39 is 17.2 Å². The molecule has 1 N–H and O–H groups in total. The van der Waals surface area contributed by atoms with E-state index in [-0.39, 0.29) is 17.9 Å². The number of nitrogens with zero attached hydrogens (tertiary/aromatic N) is 2. The highest BCUT2D eigenvalue weighted by Gasteiger charge is 2.15. The minimum Gasteiger partial charge on any atom is -0.340 e. The molecule has 0 saturated heterocycles. The molecule has 0 bridgehead atoms. The number of halogens is 1. The van der Waals surface area contributed by atoms with Crippen LogP contribution in [0.2, 0.25) is 0 Å². The van der Waals surface area contributed by atoms with Gasteiger partial charge in [-0.1, -0.05) is 18.1 Å². The van der Waals surface area contributed by atoms with E-state index in [4.69, 9.17) is 6.42 Å². The van der Waals surface area contributed by atoms with Crippen molar-refractivity contribution in [3.8, 4) is 18.0 Å². The molecule has 0 aliphatic heterocycles. The first-order valence-electron chi connectivity index (χ1n) is 6.12. The maximum Gasteiger partial charge on any atom is 0.276 e. The number of carbonyl (C=O) groups is 1. The number of terminal acetylenes is 1. The second-order valence-electron chi connectivity index (χ2n) is 4.25. The number of benzene rings is 1. The molecule has 0 aliphatic rings. The predicted molar refractivity (Wildman–Crippen MR) is 75.7 cm³/mol. The SMILES string of the molecule is C#CCNC(=O)c1nn(-c2ccccc2F)c(C)cc1=O. The van der Waals surface area contributed by atoms with Crippen LogP contribution in [-0.2, 0) is 0 Å². The number of para-hydroxylation sites is 1. The summed E-state index contributed by atoms with van der Waals surface area (Å²) in [4.78, 5) is 23.7. The highest BCUT2D eigenvalue weighted by atomic mass is 19.1. The Bertz CT molecular complexity index is 790. The van der Waals surface area contributed by atoms with Crippen LogP contribution in [0.3, 0.4) is 0 Å². The van der Waals surface area contributed by atoms with Crippen LogP contribution < -0.4 is 10.7 Å². The van der Waals surface area contributed by atoms with Crippen LogP contribution in [0.4, 0.5) is 4.39 Å². The van der Waals surface area contributed by atoms with Gasteiger partial charge in [-0.25, -0.2) is 9.07 Å². The molecule has 5 nitrogen and oxygen atoms in total. The number of rotatable bonds is 3. The zero-order valence-electron chi connectivity index (χ0n) is 11.3. The molecule has 1 amide bonds. The fourth-order valence-electron chi connectivity index (χ4n) is 1.79. The average molecular weight is 285 g/mol. The van der Waals surface area contributed by atoms with Gasteiger partial charge in [0.15, 0.2) is 5.69 Å². The lowest BCUT2D eigenvalue weighted by Crippen LogP contribution is -2.32. The third kappa shape index (κ3) is 2.98. The van der Waals surface area contributed by atoms with E-state index in [0.29, 0.717) is 5.69 Å². The first kappa shape index (κ1) is 14.5. The summed E-state index contributed by atoms with van der Waals surface area (Å²) < 4.78 is 15.0. The molecule has 0 aliphatic carbocycles. The van der Waals surface area contributed by atoms with Crippen LogP contribution in [0.25, 0.3) is 5.69 Å². The van der Waals surface area contributed by atoms with E-state index in [0.717, 1.165) is 0 Å². The van der Waals surface area contributed by atoms with Crippen molar-refractivity contribution in [3.63, 3.8) is 0 Å². The maximum absolute atomic E-state index is 13.8. The summed E-state index contributed by atoms with van der Waals surface area (Å²) in [5.74, 6) is 1.03. The molecule has 0 saturated carbocycles. The minimum atomic E-state index is -0.692. The molecule has 106 valence electrons. The summed E-state index contributed by atoms with van der Waals surface area (Å²) in [5.41, 5.74) is -0.312. The lowest BCUT2D eigenvalue weighted by atomic mass is 10.2. The van der Waals surface area contributed by atoms with E-state index in [1.54, 1.807) is 13.0 Å². The molecular weight excluding hydrogens is 273 g/mol. The molecule has 1 aromatic heterocycles. The van der Waals surface area contributed by atoms with E-state index in [9.17, 15) is 14.0 Å². The number of aromatic nitrogens is 2. The summed E-state index contributed by atoms with van der Waals surface area (Å²) in [7, 11) is 0. The Morgan fingerprint density at radius 1 is 1.48 bits per heavy atom. The first-order valence-corrected chi connectivity index (χ1v) is 6.12. The number of aryl methyl sites for hydroxylation is 1. The normalized spacial score (nSPS) is 9.95. The van der Waals surface area contributed by atoms with Crippen LogP contribution in [0, 0.1) is 25.1 Å². The Balaban J connectivity index is 2.55. The summed E-state index contributed by atoms with van der Waals surface area (Å²) in [6.07, 6.45) is 5.04. The highest BCUT2D eigenvalue weighted by Crippen LogP contribution is 2.12. The quantitative estimate of drug-likeness (QED) is 0.857. The van der Waals surface area contributed by atoms with E-state index >= 15 is 0 Å². The van der Waals surface area contributed by atoms with Crippen LogP contribution in [-0.4, -0.2) is 22.2 Å². The van der Waals surface area contributed by atoms with Crippen molar-refractivity contribution in [2.75, 3.05) is 6.54 Å². The number of hydrogen-bond donors (Lipinski definition) is 1.